The van der Waals surface area contributed by atoms with Gasteiger partial charge in [-0.25, -0.2) is 0 Å². The van der Waals surface area contributed by atoms with Gasteiger partial charge in [-0.15, -0.1) is 0 Å². The van der Waals surface area contributed by atoms with Crippen LogP contribution in [0.5, 0.6) is 0 Å². The van der Waals surface area contributed by atoms with E-state index in [1.165, 1.54) is 5.56 Å². The van der Waals surface area contributed by atoms with Gasteiger partial charge in [-0.1, -0.05) is 44.7 Å². The molecule has 1 heteroatoms. The Balaban J connectivity index is 2.70. The van der Waals surface area contributed by atoms with Crippen molar-refractivity contribution < 1.29 is 0 Å². The minimum Gasteiger partial charge on any atom is -0.330 e. The SMILES string of the molecule is CCC(C)(C)c1ccc(C#CCCCN)cc1. The molecule has 0 aliphatic heterocycles. The van der Waals surface area contributed by atoms with E-state index in [-0.39, 0.29) is 5.41 Å². The van der Waals surface area contributed by atoms with E-state index < -0.39 is 0 Å². The summed E-state index contributed by atoms with van der Waals surface area (Å²) in [7, 11) is 0. The zero-order valence-electron chi connectivity index (χ0n) is 11.2. The predicted octanol–water partition coefficient (Wildman–Crippen LogP) is 3.46. The van der Waals surface area contributed by atoms with E-state index in [4.69, 9.17) is 5.73 Å². The Morgan fingerprint density at radius 2 is 1.82 bits per heavy atom. The molecule has 0 radical (unpaired) electrons. The maximum absolute atomic E-state index is 5.42. The minimum atomic E-state index is 0.255. The first-order chi connectivity index (χ1) is 8.10. The third kappa shape index (κ3) is 4.24. The Hall–Kier alpha value is -1.26. The molecule has 0 fully saturated rings. The van der Waals surface area contributed by atoms with Crippen LogP contribution in [-0.4, -0.2) is 6.54 Å². The first kappa shape index (κ1) is 13.8. The van der Waals surface area contributed by atoms with Gasteiger partial charge in [0.25, 0.3) is 0 Å². The molecule has 0 heterocycles. The van der Waals surface area contributed by atoms with Crippen LogP contribution in [0.3, 0.4) is 0 Å². The molecule has 17 heavy (non-hydrogen) atoms. The molecule has 1 aromatic rings. The molecule has 1 rings (SSSR count). The summed E-state index contributed by atoms with van der Waals surface area (Å²) in [4.78, 5) is 0. The van der Waals surface area contributed by atoms with Gasteiger partial charge >= 0.3 is 0 Å². The number of hydrogen-bond acceptors (Lipinski definition) is 1. The lowest BCUT2D eigenvalue weighted by molar-refractivity contribution is 0.506. The van der Waals surface area contributed by atoms with E-state index in [1.54, 1.807) is 0 Å². The summed E-state index contributed by atoms with van der Waals surface area (Å²) < 4.78 is 0. The second kappa shape index (κ2) is 6.47. The Kier molecular flexibility index (Phi) is 5.25. The molecule has 0 saturated heterocycles. The molecule has 0 aliphatic carbocycles. The summed E-state index contributed by atoms with van der Waals surface area (Å²) in [6.45, 7) is 7.49. The fourth-order valence-corrected chi connectivity index (χ4v) is 1.56. The predicted molar refractivity (Wildman–Crippen MR) is 74.9 cm³/mol. The second-order valence-corrected chi connectivity index (χ2v) is 5.01. The maximum Gasteiger partial charge on any atom is 0.0245 e. The molecule has 0 atom stereocenters. The lowest BCUT2D eigenvalue weighted by Crippen LogP contribution is -2.14. The van der Waals surface area contributed by atoms with Crippen molar-refractivity contribution >= 4 is 0 Å². The van der Waals surface area contributed by atoms with Gasteiger partial charge in [0, 0.05) is 12.0 Å². The monoisotopic (exact) mass is 229 g/mol. The quantitative estimate of drug-likeness (QED) is 0.621. The first-order valence-electron chi connectivity index (χ1n) is 6.39. The summed E-state index contributed by atoms with van der Waals surface area (Å²) in [5, 5.41) is 0. The molecule has 0 bridgehead atoms. The zero-order chi connectivity index (χ0) is 12.7. The highest BCUT2D eigenvalue weighted by Crippen LogP contribution is 2.26. The fraction of sp³-hybridized carbons (Fsp3) is 0.500. The van der Waals surface area contributed by atoms with E-state index >= 15 is 0 Å². The van der Waals surface area contributed by atoms with Crippen LogP contribution in [0.15, 0.2) is 24.3 Å². The lowest BCUT2D eigenvalue weighted by atomic mass is 9.82. The summed E-state index contributed by atoms with van der Waals surface area (Å²) in [5.41, 5.74) is 8.16. The van der Waals surface area contributed by atoms with Gasteiger partial charge < -0.3 is 5.73 Å². The van der Waals surface area contributed by atoms with E-state index in [1.807, 2.05) is 0 Å². The second-order valence-electron chi connectivity index (χ2n) is 5.01. The zero-order valence-corrected chi connectivity index (χ0v) is 11.2. The van der Waals surface area contributed by atoms with Crippen LogP contribution in [-0.2, 0) is 5.41 Å². The van der Waals surface area contributed by atoms with Crippen molar-refractivity contribution in [3.8, 4) is 11.8 Å². The molecule has 0 unspecified atom stereocenters. The highest BCUT2D eigenvalue weighted by atomic mass is 14.5. The van der Waals surface area contributed by atoms with E-state index in [0.717, 1.165) is 31.4 Å². The minimum absolute atomic E-state index is 0.255. The molecule has 2 N–H and O–H groups in total. The number of rotatable bonds is 4. The molecule has 0 amide bonds. The van der Waals surface area contributed by atoms with Crippen molar-refractivity contribution in [1.29, 1.82) is 0 Å². The summed E-state index contributed by atoms with van der Waals surface area (Å²) in [6.07, 6.45) is 3.02. The Morgan fingerprint density at radius 1 is 1.18 bits per heavy atom. The van der Waals surface area contributed by atoms with Crippen molar-refractivity contribution in [2.45, 2.75) is 45.4 Å². The fourth-order valence-electron chi connectivity index (χ4n) is 1.56. The molecular formula is C16H23N. The Bertz CT molecular complexity index is 390. The van der Waals surface area contributed by atoms with Gasteiger partial charge in [-0.2, -0.15) is 0 Å². The van der Waals surface area contributed by atoms with Crippen molar-refractivity contribution in [2.75, 3.05) is 6.54 Å². The number of unbranched alkanes of at least 4 members (excludes halogenated alkanes) is 1. The van der Waals surface area contributed by atoms with Crippen molar-refractivity contribution in [3.63, 3.8) is 0 Å². The lowest BCUT2D eigenvalue weighted by Gasteiger charge is -2.23. The van der Waals surface area contributed by atoms with Crippen LogP contribution in [0.2, 0.25) is 0 Å². The van der Waals surface area contributed by atoms with Gasteiger partial charge in [0.15, 0.2) is 0 Å². The van der Waals surface area contributed by atoms with Crippen LogP contribution in [0.4, 0.5) is 0 Å². The third-order valence-electron chi connectivity index (χ3n) is 3.29. The summed E-state index contributed by atoms with van der Waals surface area (Å²) in [6, 6.07) is 8.61. The van der Waals surface area contributed by atoms with E-state index in [2.05, 4.69) is 56.9 Å². The van der Waals surface area contributed by atoms with Crippen LogP contribution in [0.1, 0.15) is 51.2 Å². The molecule has 0 spiro atoms. The number of nitrogens with two attached hydrogens (primary N) is 1. The summed E-state index contributed by atoms with van der Waals surface area (Å²) >= 11 is 0. The van der Waals surface area contributed by atoms with Crippen LogP contribution in [0.25, 0.3) is 0 Å². The van der Waals surface area contributed by atoms with Gasteiger partial charge in [-0.3, -0.25) is 0 Å². The van der Waals surface area contributed by atoms with Crippen molar-refractivity contribution in [2.24, 2.45) is 5.73 Å². The molecule has 0 aliphatic rings. The molecular weight excluding hydrogens is 206 g/mol. The normalized spacial score (nSPS) is 10.8. The van der Waals surface area contributed by atoms with Crippen LogP contribution in [0, 0.1) is 11.8 Å². The molecule has 1 aromatic carbocycles. The topological polar surface area (TPSA) is 26.0 Å². The molecule has 0 saturated carbocycles. The average molecular weight is 229 g/mol. The Labute approximate surface area is 105 Å². The van der Waals surface area contributed by atoms with E-state index in [0.29, 0.717) is 0 Å². The first-order valence-corrected chi connectivity index (χ1v) is 6.39. The third-order valence-corrected chi connectivity index (χ3v) is 3.29. The van der Waals surface area contributed by atoms with Gasteiger partial charge in [0.2, 0.25) is 0 Å². The molecule has 92 valence electrons. The highest BCUT2D eigenvalue weighted by Gasteiger charge is 2.16. The average Bonchev–Trinajstić information content (AvgIpc) is 2.35. The maximum atomic E-state index is 5.42. The number of benzene rings is 1. The van der Waals surface area contributed by atoms with E-state index in [9.17, 15) is 0 Å². The molecule has 0 aromatic heterocycles. The van der Waals surface area contributed by atoms with Crippen LogP contribution >= 0.6 is 0 Å². The van der Waals surface area contributed by atoms with Gasteiger partial charge in [0.1, 0.15) is 0 Å². The summed E-state index contributed by atoms with van der Waals surface area (Å²) in [5.74, 6) is 6.32. The largest absolute Gasteiger partial charge is 0.330 e. The Morgan fingerprint density at radius 3 is 2.35 bits per heavy atom. The molecule has 1 nitrogen and oxygen atoms in total. The van der Waals surface area contributed by atoms with Gasteiger partial charge in [-0.05, 0) is 42.5 Å². The van der Waals surface area contributed by atoms with Crippen molar-refractivity contribution in [3.05, 3.63) is 35.4 Å². The van der Waals surface area contributed by atoms with Crippen molar-refractivity contribution in [1.82, 2.24) is 0 Å². The van der Waals surface area contributed by atoms with Crippen LogP contribution < -0.4 is 5.73 Å². The number of hydrogen-bond donors (Lipinski definition) is 1. The highest BCUT2D eigenvalue weighted by molar-refractivity contribution is 5.38. The smallest absolute Gasteiger partial charge is 0.0245 e. The van der Waals surface area contributed by atoms with Gasteiger partial charge in [0.05, 0.1) is 0 Å². The standard InChI is InChI=1S/C16H23N/c1-4-16(2,3)15-11-9-14(10-12-15)8-6-5-7-13-17/h9-12H,4-5,7,13,17H2,1-3H3.